The number of nitrogens with two attached hydrogens (primary N) is 1. The quantitative estimate of drug-likeness (QED) is 0.399. The molecule has 0 bridgehead atoms. The zero-order valence-electron chi connectivity index (χ0n) is 15.6. The minimum atomic E-state index is -0.533. The Hall–Kier alpha value is -4.42. The third-order valence-corrected chi connectivity index (χ3v) is 4.34. The number of benzene rings is 2. The van der Waals surface area contributed by atoms with Crippen molar-refractivity contribution in [3.63, 3.8) is 0 Å². The fourth-order valence-electron chi connectivity index (χ4n) is 2.94. The summed E-state index contributed by atoms with van der Waals surface area (Å²) in [5, 5.41) is 11.9. The number of amides is 1. The van der Waals surface area contributed by atoms with Gasteiger partial charge in [-0.05, 0) is 42.8 Å². The van der Waals surface area contributed by atoms with Crippen LogP contribution in [0.25, 0.3) is 22.4 Å². The first-order valence-electron chi connectivity index (χ1n) is 8.63. The molecule has 0 atom stereocenters. The molecule has 1 heterocycles. The normalized spacial score (nSPS) is 9.90. The van der Waals surface area contributed by atoms with Crippen molar-refractivity contribution in [1.29, 1.82) is 5.26 Å². The summed E-state index contributed by atoms with van der Waals surface area (Å²) in [5.41, 5.74) is 9.11. The van der Waals surface area contributed by atoms with Crippen molar-refractivity contribution in [3.05, 3.63) is 71.3 Å². The second-order valence-electron chi connectivity index (χ2n) is 6.24. The first-order valence-corrected chi connectivity index (χ1v) is 8.63. The van der Waals surface area contributed by atoms with Crippen LogP contribution >= 0.6 is 0 Å². The Morgan fingerprint density at radius 3 is 2.41 bits per heavy atom. The summed E-state index contributed by atoms with van der Waals surface area (Å²) in [7, 11) is 0. The first kappa shape index (κ1) is 19.3. The van der Waals surface area contributed by atoms with Crippen LogP contribution in [0.4, 0.5) is 5.82 Å². The number of nitriles is 1. The topological polar surface area (TPSA) is 109 Å². The van der Waals surface area contributed by atoms with Gasteiger partial charge in [-0.1, -0.05) is 30.7 Å². The number of primary amides is 1. The number of ketones is 1. The summed E-state index contributed by atoms with van der Waals surface area (Å²) in [4.78, 5) is 28.1. The fraction of sp³-hybridized carbons (Fsp3) is 0.0435. The molecule has 140 valence electrons. The van der Waals surface area contributed by atoms with Crippen molar-refractivity contribution in [2.45, 2.75) is 6.92 Å². The molecule has 3 rings (SSSR count). The maximum atomic E-state index is 12.2. The number of hydrogen-bond donors (Lipinski definition) is 2. The van der Waals surface area contributed by atoms with Gasteiger partial charge in [0.1, 0.15) is 5.82 Å². The van der Waals surface area contributed by atoms with Gasteiger partial charge in [0.25, 0.3) is 0 Å². The van der Waals surface area contributed by atoms with Gasteiger partial charge in [-0.25, -0.2) is 4.98 Å². The highest BCUT2D eigenvalue weighted by Crippen LogP contribution is 2.34. The van der Waals surface area contributed by atoms with Crippen molar-refractivity contribution in [1.82, 2.24) is 4.98 Å². The fourth-order valence-corrected chi connectivity index (χ4v) is 2.94. The van der Waals surface area contributed by atoms with Gasteiger partial charge in [0.2, 0.25) is 5.91 Å². The molecule has 3 N–H and O–H groups in total. The zero-order valence-corrected chi connectivity index (χ0v) is 15.6. The number of Topliss-reactive ketones (excluding diaryl/α,β-unsaturated/α-hetero) is 1. The molecule has 6 nitrogen and oxygen atoms in total. The molecule has 29 heavy (non-hydrogen) atoms. The van der Waals surface area contributed by atoms with E-state index in [1.165, 1.54) is 6.92 Å². The maximum absolute atomic E-state index is 12.2. The number of nitrogens with one attached hydrogen (secondary N) is 1. The second-order valence-corrected chi connectivity index (χ2v) is 6.24. The van der Waals surface area contributed by atoms with Crippen LogP contribution in [0, 0.1) is 23.8 Å². The lowest BCUT2D eigenvalue weighted by atomic mass is 9.95. The average molecular weight is 380 g/mol. The zero-order chi connectivity index (χ0) is 21.0. The highest BCUT2D eigenvalue weighted by Gasteiger charge is 2.18. The van der Waals surface area contributed by atoms with Crippen LogP contribution < -0.4 is 11.1 Å². The van der Waals surface area contributed by atoms with Gasteiger partial charge in [-0.2, -0.15) is 5.26 Å². The Kier molecular flexibility index (Phi) is 5.39. The highest BCUT2D eigenvalue weighted by atomic mass is 16.1. The van der Waals surface area contributed by atoms with E-state index < -0.39 is 5.91 Å². The number of hydrogen-bond acceptors (Lipinski definition) is 5. The molecule has 0 fully saturated rings. The molecule has 0 radical (unpaired) electrons. The first-order chi connectivity index (χ1) is 13.9. The molecule has 0 saturated carbocycles. The molecule has 2 aromatic carbocycles. The lowest BCUT2D eigenvalue weighted by molar-refractivity contribution is 0.0996. The molecular formula is C23H16N4O2. The van der Waals surface area contributed by atoms with Gasteiger partial charge in [0.15, 0.2) is 5.78 Å². The number of anilines is 1. The van der Waals surface area contributed by atoms with E-state index >= 15 is 0 Å². The molecule has 0 aliphatic heterocycles. The summed E-state index contributed by atoms with van der Waals surface area (Å²) in [6.07, 6.45) is 5.36. The van der Waals surface area contributed by atoms with Crippen molar-refractivity contribution < 1.29 is 9.59 Å². The van der Waals surface area contributed by atoms with Gasteiger partial charge in [-0.3, -0.25) is 14.9 Å². The third kappa shape index (κ3) is 3.97. The Bertz CT molecular complexity index is 1200. The largest absolute Gasteiger partial charge is 0.366 e. The molecule has 3 aromatic rings. The van der Waals surface area contributed by atoms with Crippen LogP contribution in [-0.2, 0) is 0 Å². The van der Waals surface area contributed by atoms with E-state index in [9.17, 15) is 14.9 Å². The monoisotopic (exact) mass is 380 g/mol. The lowest BCUT2D eigenvalue weighted by Gasteiger charge is -2.15. The van der Waals surface area contributed by atoms with E-state index in [2.05, 4.69) is 22.4 Å². The van der Waals surface area contributed by atoms with Crippen molar-refractivity contribution in [2.24, 2.45) is 5.73 Å². The number of aromatic nitrogens is 1. The Morgan fingerprint density at radius 2 is 1.83 bits per heavy atom. The minimum absolute atomic E-state index is 0.206. The number of carbonyl (C=O) groups is 2. The highest BCUT2D eigenvalue weighted by molar-refractivity contribution is 6.02. The maximum Gasteiger partial charge on any atom is 0.248 e. The van der Waals surface area contributed by atoms with Crippen LogP contribution in [0.15, 0.2) is 54.6 Å². The number of carbonyl (C=O) groups excluding carboxylic acids is 2. The Morgan fingerprint density at radius 1 is 1.10 bits per heavy atom. The molecule has 0 saturated heterocycles. The van der Waals surface area contributed by atoms with Crippen LogP contribution in [0.3, 0.4) is 0 Å². The minimum Gasteiger partial charge on any atom is -0.366 e. The van der Waals surface area contributed by atoms with Gasteiger partial charge in [0, 0.05) is 22.7 Å². The Labute approximate surface area is 168 Å². The standard InChI is InChI=1S/C23H16N4O2/c1-3-26-23-19(14(2)28)12-20(16-7-9-17(10-8-16)22(25)29)21(27-23)18-6-4-5-15(11-18)13-24/h1,4-12H,2H3,(H2,25,29)(H,26,27). The van der Waals surface area contributed by atoms with Crippen LogP contribution in [0.1, 0.15) is 33.2 Å². The number of rotatable bonds is 5. The smallest absolute Gasteiger partial charge is 0.248 e. The van der Waals surface area contributed by atoms with Gasteiger partial charge in [-0.15, -0.1) is 0 Å². The van der Waals surface area contributed by atoms with Crippen molar-refractivity contribution in [2.75, 3.05) is 5.32 Å². The summed E-state index contributed by atoms with van der Waals surface area (Å²) < 4.78 is 0. The predicted molar refractivity (Wildman–Crippen MR) is 111 cm³/mol. The second kappa shape index (κ2) is 8.08. The molecule has 0 spiro atoms. The third-order valence-electron chi connectivity index (χ3n) is 4.34. The number of terminal acetylenes is 1. The van der Waals surface area contributed by atoms with Crippen LogP contribution in [0.5, 0.6) is 0 Å². The predicted octanol–water partition coefficient (Wildman–Crippen LogP) is 3.59. The molecular weight excluding hydrogens is 364 g/mol. The van der Waals surface area contributed by atoms with Gasteiger partial charge < -0.3 is 5.73 Å². The van der Waals surface area contributed by atoms with E-state index in [1.807, 2.05) is 6.07 Å². The van der Waals surface area contributed by atoms with E-state index in [4.69, 9.17) is 12.2 Å². The molecule has 6 heteroatoms. The van der Waals surface area contributed by atoms with Crippen LogP contribution in [0.2, 0.25) is 0 Å². The van der Waals surface area contributed by atoms with E-state index in [0.717, 1.165) is 5.56 Å². The van der Waals surface area contributed by atoms with Gasteiger partial charge >= 0.3 is 0 Å². The summed E-state index contributed by atoms with van der Waals surface area (Å²) >= 11 is 0. The summed E-state index contributed by atoms with van der Waals surface area (Å²) in [6, 6.07) is 19.7. The molecule has 0 aliphatic carbocycles. The molecule has 1 aromatic heterocycles. The van der Waals surface area contributed by atoms with Crippen LogP contribution in [-0.4, -0.2) is 16.7 Å². The summed E-state index contributed by atoms with van der Waals surface area (Å²) in [5.74, 6) is -0.480. The molecule has 1 amide bonds. The lowest BCUT2D eigenvalue weighted by Crippen LogP contribution is -2.10. The number of pyridine rings is 1. The SMILES string of the molecule is C#CNc1nc(-c2cccc(C#N)c2)c(-c2ccc(C(N)=O)cc2)cc1C(C)=O. The Balaban J connectivity index is 2.30. The average Bonchev–Trinajstić information content (AvgIpc) is 2.73. The molecule has 0 unspecified atom stereocenters. The summed E-state index contributed by atoms with van der Waals surface area (Å²) in [6.45, 7) is 1.43. The van der Waals surface area contributed by atoms with Gasteiger partial charge in [0.05, 0.1) is 22.9 Å². The van der Waals surface area contributed by atoms with Crippen molar-refractivity contribution >= 4 is 17.5 Å². The van der Waals surface area contributed by atoms with E-state index in [0.29, 0.717) is 33.5 Å². The van der Waals surface area contributed by atoms with E-state index in [-0.39, 0.29) is 11.6 Å². The number of nitrogens with zero attached hydrogens (tertiary/aromatic N) is 2. The molecule has 0 aliphatic rings. The van der Waals surface area contributed by atoms with Crippen molar-refractivity contribution in [3.8, 4) is 40.9 Å². The van der Waals surface area contributed by atoms with E-state index in [1.54, 1.807) is 48.5 Å².